The summed E-state index contributed by atoms with van der Waals surface area (Å²) >= 11 is 0. The topological polar surface area (TPSA) is 91.7 Å². The summed E-state index contributed by atoms with van der Waals surface area (Å²) in [5.74, 6) is -0.416. The summed E-state index contributed by atoms with van der Waals surface area (Å²) in [6, 6.07) is 3.19. The Morgan fingerprint density at radius 1 is 1.33 bits per heavy atom. The quantitative estimate of drug-likeness (QED) is 0.826. The van der Waals surface area contributed by atoms with Crippen molar-refractivity contribution in [1.29, 1.82) is 0 Å². The number of carbonyl (C=O) groups is 3. The second kappa shape index (κ2) is 6.92. The summed E-state index contributed by atoms with van der Waals surface area (Å²) in [7, 11) is 0. The molecule has 1 aliphatic heterocycles. The standard InChI is InChI=1S/C14H19N3O4/c1-10(18)17-6-4-11(5-7-17)16-13(19)9-15-14(20)12-3-2-8-21-12/h2-3,8,11H,4-7,9H2,1H3,(H,15,20)(H,16,19). The van der Waals surface area contributed by atoms with Crippen LogP contribution in [-0.4, -0.2) is 48.3 Å². The van der Waals surface area contributed by atoms with Crippen molar-refractivity contribution in [2.24, 2.45) is 0 Å². The molecule has 0 atom stereocenters. The maximum Gasteiger partial charge on any atom is 0.287 e. The molecule has 7 heteroatoms. The van der Waals surface area contributed by atoms with E-state index in [1.165, 1.54) is 12.3 Å². The Morgan fingerprint density at radius 2 is 2.05 bits per heavy atom. The van der Waals surface area contributed by atoms with Gasteiger partial charge in [0.05, 0.1) is 12.8 Å². The zero-order valence-electron chi connectivity index (χ0n) is 11.9. The van der Waals surface area contributed by atoms with Crippen LogP contribution in [0.5, 0.6) is 0 Å². The number of carbonyl (C=O) groups excluding carboxylic acids is 3. The third kappa shape index (κ3) is 4.34. The number of hydrogen-bond acceptors (Lipinski definition) is 4. The largest absolute Gasteiger partial charge is 0.459 e. The number of nitrogens with zero attached hydrogens (tertiary/aromatic N) is 1. The summed E-state index contributed by atoms with van der Waals surface area (Å²) in [4.78, 5) is 36.3. The summed E-state index contributed by atoms with van der Waals surface area (Å²) in [6.45, 7) is 2.76. The molecule has 3 amide bonds. The molecule has 1 aromatic rings. The van der Waals surface area contributed by atoms with Gasteiger partial charge in [0.2, 0.25) is 11.8 Å². The smallest absolute Gasteiger partial charge is 0.287 e. The predicted molar refractivity (Wildman–Crippen MR) is 74.5 cm³/mol. The van der Waals surface area contributed by atoms with Crippen LogP contribution in [0.15, 0.2) is 22.8 Å². The van der Waals surface area contributed by atoms with Gasteiger partial charge < -0.3 is 20.0 Å². The van der Waals surface area contributed by atoms with Crippen LogP contribution in [0.4, 0.5) is 0 Å². The van der Waals surface area contributed by atoms with E-state index in [2.05, 4.69) is 10.6 Å². The Balaban J connectivity index is 1.68. The third-order valence-electron chi connectivity index (χ3n) is 3.46. The highest BCUT2D eigenvalue weighted by Gasteiger charge is 2.22. The van der Waals surface area contributed by atoms with Gasteiger partial charge in [-0.3, -0.25) is 14.4 Å². The maximum atomic E-state index is 11.8. The van der Waals surface area contributed by atoms with Crippen LogP contribution >= 0.6 is 0 Å². The second-order valence-corrected chi connectivity index (χ2v) is 5.01. The van der Waals surface area contributed by atoms with Crippen molar-refractivity contribution in [3.8, 4) is 0 Å². The number of rotatable bonds is 4. The van der Waals surface area contributed by atoms with Crippen LogP contribution in [0.25, 0.3) is 0 Å². The molecule has 2 rings (SSSR count). The van der Waals surface area contributed by atoms with E-state index in [0.717, 1.165) is 12.8 Å². The first-order valence-corrected chi connectivity index (χ1v) is 6.93. The lowest BCUT2D eigenvalue weighted by Gasteiger charge is -2.31. The van der Waals surface area contributed by atoms with Crippen molar-refractivity contribution >= 4 is 17.7 Å². The van der Waals surface area contributed by atoms with Gasteiger partial charge in [-0.25, -0.2) is 0 Å². The number of furan rings is 1. The van der Waals surface area contributed by atoms with E-state index < -0.39 is 5.91 Å². The fourth-order valence-electron chi connectivity index (χ4n) is 2.27. The van der Waals surface area contributed by atoms with Crippen molar-refractivity contribution in [2.75, 3.05) is 19.6 Å². The van der Waals surface area contributed by atoms with Crippen molar-refractivity contribution in [2.45, 2.75) is 25.8 Å². The highest BCUT2D eigenvalue weighted by molar-refractivity contribution is 5.94. The average Bonchev–Trinajstić information content (AvgIpc) is 2.99. The first kappa shape index (κ1) is 15.1. The van der Waals surface area contributed by atoms with Crippen LogP contribution in [0.3, 0.4) is 0 Å². The summed E-state index contributed by atoms with van der Waals surface area (Å²) in [5.41, 5.74) is 0. The monoisotopic (exact) mass is 293 g/mol. The van der Waals surface area contributed by atoms with Crippen LogP contribution in [-0.2, 0) is 9.59 Å². The normalized spacial score (nSPS) is 15.6. The van der Waals surface area contributed by atoms with Gasteiger partial charge in [0.1, 0.15) is 0 Å². The molecular weight excluding hydrogens is 274 g/mol. The lowest BCUT2D eigenvalue weighted by molar-refractivity contribution is -0.130. The molecule has 0 bridgehead atoms. The van der Waals surface area contributed by atoms with Crippen LogP contribution < -0.4 is 10.6 Å². The van der Waals surface area contributed by atoms with E-state index in [1.807, 2.05) is 0 Å². The molecule has 21 heavy (non-hydrogen) atoms. The predicted octanol–water partition coefficient (Wildman–Crippen LogP) is 0.137. The van der Waals surface area contributed by atoms with E-state index >= 15 is 0 Å². The molecule has 2 heterocycles. The van der Waals surface area contributed by atoms with Gasteiger partial charge in [0, 0.05) is 26.1 Å². The Kier molecular flexibility index (Phi) is 4.97. The minimum absolute atomic E-state index is 0.0496. The zero-order valence-corrected chi connectivity index (χ0v) is 11.9. The Labute approximate surface area is 122 Å². The first-order chi connectivity index (χ1) is 10.1. The zero-order chi connectivity index (χ0) is 15.2. The lowest BCUT2D eigenvalue weighted by atomic mass is 10.1. The number of piperidine rings is 1. The third-order valence-corrected chi connectivity index (χ3v) is 3.46. The Hall–Kier alpha value is -2.31. The molecule has 7 nitrogen and oxygen atoms in total. The Bertz CT molecular complexity index is 504. The van der Waals surface area contributed by atoms with Gasteiger partial charge >= 0.3 is 0 Å². The van der Waals surface area contributed by atoms with Gasteiger partial charge in [0.15, 0.2) is 5.76 Å². The van der Waals surface area contributed by atoms with Crippen molar-refractivity contribution in [3.63, 3.8) is 0 Å². The van der Waals surface area contributed by atoms with E-state index in [4.69, 9.17) is 4.42 Å². The van der Waals surface area contributed by atoms with E-state index in [1.54, 1.807) is 17.9 Å². The van der Waals surface area contributed by atoms with Crippen LogP contribution in [0, 0.1) is 0 Å². The molecule has 0 spiro atoms. The summed E-state index contributed by atoms with van der Waals surface area (Å²) < 4.78 is 4.93. The van der Waals surface area contributed by atoms with Crippen molar-refractivity contribution < 1.29 is 18.8 Å². The van der Waals surface area contributed by atoms with Gasteiger partial charge in [0.25, 0.3) is 5.91 Å². The number of amides is 3. The fourth-order valence-corrected chi connectivity index (χ4v) is 2.27. The average molecular weight is 293 g/mol. The van der Waals surface area contributed by atoms with Gasteiger partial charge in [-0.15, -0.1) is 0 Å². The number of nitrogens with one attached hydrogen (secondary N) is 2. The molecule has 2 N–H and O–H groups in total. The fraction of sp³-hybridized carbons (Fsp3) is 0.500. The molecule has 114 valence electrons. The second-order valence-electron chi connectivity index (χ2n) is 5.01. The molecule has 0 aliphatic carbocycles. The molecule has 1 aliphatic rings. The lowest BCUT2D eigenvalue weighted by Crippen LogP contribution is -2.48. The summed E-state index contributed by atoms with van der Waals surface area (Å²) in [5, 5.41) is 5.35. The van der Waals surface area contributed by atoms with Crippen molar-refractivity contribution in [1.82, 2.24) is 15.5 Å². The van der Waals surface area contributed by atoms with Gasteiger partial charge in [-0.1, -0.05) is 0 Å². The van der Waals surface area contributed by atoms with E-state index in [9.17, 15) is 14.4 Å². The highest BCUT2D eigenvalue weighted by Crippen LogP contribution is 2.10. The van der Waals surface area contributed by atoms with E-state index in [-0.39, 0.29) is 30.2 Å². The summed E-state index contributed by atoms with van der Waals surface area (Å²) in [6.07, 6.45) is 2.87. The first-order valence-electron chi connectivity index (χ1n) is 6.93. The van der Waals surface area contributed by atoms with E-state index in [0.29, 0.717) is 13.1 Å². The minimum atomic E-state index is -0.415. The molecule has 0 aromatic carbocycles. The number of likely N-dealkylation sites (tertiary alicyclic amines) is 1. The highest BCUT2D eigenvalue weighted by atomic mass is 16.3. The van der Waals surface area contributed by atoms with Crippen LogP contribution in [0.1, 0.15) is 30.3 Å². The van der Waals surface area contributed by atoms with Gasteiger partial charge in [-0.2, -0.15) is 0 Å². The minimum Gasteiger partial charge on any atom is -0.459 e. The molecule has 1 fully saturated rings. The molecule has 0 saturated carbocycles. The van der Waals surface area contributed by atoms with Gasteiger partial charge in [-0.05, 0) is 25.0 Å². The van der Waals surface area contributed by atoms with Crippen LogP contribution in [0.2, 0.25) is 0 Å². The molecular formula is C14H19N3O4. The number of hydrogen-bond donors (Lipinski definition) is 2. The molecule has 1 aromatic heterocycles. The molecule has 0 unspecified atom stereocenters. The Morgan fingerprint density at radius 3 is 2.62 bits per heavy atom. The van der Waals surface area contributed by atoms with Crippen molar-refractivity contribution in [3.05, 3.63) is 24.2 Å². The molecule has 0 radical (unpaired) electrons. The molecule has 1 saturated heterocycles. The SMILES string of the molecule is CC(=O)N1CCC(NC(=O)CNC(=O)c2ccco2)CC1. The maximum absolute atomic E-state index is 11.8.